The molecule has 0 aliphatic heterocycles. The van der Waals surface area contributed by atoms with Crippen LogP contribution in [-0.4, -0.2) is 24.8 Å². The number of hydrogen-bond acceptors (Lipinski definition) is 3. The Bertz CT molecular complexity index is 384. The van der Waals surface area contributed by atoms with Gasteiger partial charge in [0.25, 0.3) is 0 Å². The maximum atomic E-state index is 11.5. The molecule has 19 heavy (non-hydrogen) atoms. The zero-order valence-corrected chi connectivity index (χ0v) is 12.1. The molecule has 0 spiro atoms. The number of nitrogens with one attached hydrogen (secondary N) is 1. The van der Waals surface area contributed by atoms with E-state index >= 15 is 0 Å². The Balaban J connectivity index is 2.21. The second-order valence-corrected chi connectivity index (χ2v) is 5.61. The molecule has 1 atom stereocenters. The van der Waals surface area contributed by atoms with E-state index in [-0.39, 0.29) is 12.0 Å². The van der Waals surface area contributed by atoms with Crippen LogP contribution in [0.2, 0.25) is 0 Å². The van der Waals surface area contributed by atoms with Crippen molar-refractivity contribution < 1.29 is 14.3 Å². The molecule has 4 nitrogen and oxygen atoms in total. The fraction of sp³-hybridized carbons (Fsp3) is 0.533. The Morgan fingerprint density at radius 2 is 1.89 bits per heavy atom. The Hall–Kier alpha value is -1.71. The molecule has 0 unspecified atom stereocenters. The predicted molar refractivity (Wildman–Crippen MR) is 75.3 cm³/mol. The Morgan fingerprint density at radius 1 is 1.26 bits per heavy atom. The SMILES string of the molecule is C[C@@H](CNC(=O)OC(C)(C)C)COc1ccccc1. The summed E-state index contributed by atoms with van der Waals surface area (Å²) >= 11 is 0. The van der Waals surface area contributed by atoms with Gasteiger partial charge >= 0.3 is 6.09 Å². The summed E-state index contributed by atoms with van der Waals surface area (Å²) in [6.07, 6.45) is -0.390. The highest BCUT2D eigenvalue weighted by Crippen LogP contribution is 2.10. The van der Waals surface area contributed by atoms with E-state index in [1.807, 2.05) is 58.0 Å². The summed E-state index contributed by atoms with van der Waals surface area (Å²) in [5.74, 6) is 1.05. The molecule has 1 aromatic carbocycles. The third-order valence-corrected chi connectivity index (χ3v) is 2.27. The summed E-state index contributed by atoms with van der Waals surface area (Å²) in [6.45, 7) is 8.62. The number of para-hydroxylation sites is 1. The van der Waals surface area contributed by atoms with Crippen molar-refractivity contribution in [1.82, 2.24) is 5.32 Å². The van der Waals surface area contributed by atoms with Crippen molar-refractivity contribution in [1.29, 1.82) is 0 Å². The first-order valence-corrected chi connectivity index (χ1v) is 6.51. The summed E-state index contributed by atoms with van der Waals surface area (Å²) in [5, 5.41) is 2.73. The third kappa shape index (κ3) is 7.34. The van der Waals surface area contributed by atoms with Gasteiger partial charge in [-0.05, 0) is 32.9 Å². The lowest BCUT2D eigenvalue weighted by Crippen LogP contribution is -2.35. The number of carbonyl (C=O) groups is 1. The van der Waals surface area contributed by atoms with Gasteiger partial charge in [-0.2, -0.15) is 0 Å². The number of amides is 1. The predicted octanol–water partition coefficient (Wildman–Crippen LogP) is 3.23. The van der Waals surface area contributed by atoms with Crippen molar-refractivity contribution in [2.75, 3.05) is 13.2 Å². The van der Waals surface area contributed by atoms with Gasteiger partial charge in [0.15, 0.2) is 0 Å². The number of ether oxygens (including phenoxy) is 2. The van der Waals surface area contributed by atoms with E-state index < -0.39 is 5.60 Å². The van der Waals surface area contributed by atoms with Crippen LogP contribution in [0.1, 0.15) is 27.7 Å². The molecule has 0 aromatic heterocycles. The zero-order valence-electron chi connectivity index (χ0n) is 12.1. The molecule has 1 amide bonds. The van der Waals surface area contributed by atoms with Gasteiger partial charge in [0.2, 0.25) is 0 Å². The van der Waals surface area contributed by atoms with Crippen LogP contribution in [0, 0.1) is 5.92 Å². The molecule has 1 rings (SSSR count). The van der Waals surface area contributed by atoms with Crippen molar-refractivity contribution in [2.24, 2.45) is 5.92 Å². The highest BCUT2D eigenvalue weighted by molar-refractivity contribution is 5.67. The van der Waals surface area contributed by atoms with Crippen LogP contribution in [0.25, 0.3) is 0 Å². The van der Waals surface area contributed by atoms with Crippen LogP contribution in [-0.2, 0) is 4.74 Å². The fourth-order valence-corrected chi connectivity index (χ4v) is 1.39. The van der Waals surface area contributed by atoms with Gasteiger partial charge in [0.05, 0.1) is 6.61 Å². The van der Waals surface area contributed by atoms with E-state index in [4.69, 9.17) is 9.47 Å². The molecule has 0 radical (unpaired) electrons. The molecule has 0 saturated carbocycles. The van der Waals surface area contributed by atoms with Crippen molar-refractivity contribution in [3.05, 3.63) is 30.3 Å². The topological polar surface area (TPSA) is 47.6 Å². The van der Waals surface area contributed by atoms with Crippen LogP contribution in [0.3, 0.4) is 0 Å². The van der Waals surface area contributed by atoms with Crippen molar-refractivity contribution in [3.63, 3.8) is 0 Å². The van der Waals surface area contributed by atoms with Gasteiger partial charge in [-0.1, -0.05) is 25.1 Å². The molecule has 0 aliphatic carbocycles. The van der Waals surface area contributed by atoms with Crippen molar-refractivity contribution in [3.8, 4) is 5.75 Å². The van der Waals surface area contributed by atoms with Gasteiger partial charge in [-0.3, -0.25) is 0 Å². The molecule has 1 N–H and O–H groups in total. The summed E-state index contributed by atoms with van der Waals surface area (Å²) in [7, 11) is 0. The van der Waals surface area contributed by atoms with E-state index in [0.29, 0.717) is 13.2 Å². The van der Waals surface area contributed by atoms with Gasteiger partial charge < -0.3 is 14.8 Å². The van der Waals surface area contributed by atoms with Crippen LogP contribution in [0.5, 0.6) is 5.75 Å². The van der Waals surface area contributed by atoms with E-state index in [9.17, 15) is 4.79 Å². The molecule has 0 heterocycles. The van der Waals surface area contributed by atoms with Crippen LogP contribution < -0.4 is 10.1 Å². The van der Waals surface area contributed by atoms with Gasteiger partial charge in [0.1, 0.15) is 11.4 Å². The van der Waals surface area contributed by atoms with E-state index in [2.05, 4.69) is 5.32 Å². The molecule has 0 bridgehead atoms. The zero-order chi connectivity index (χ0) is 14.3. The van der Waals surface area contributed by atoms with Crippen LogP contribution >= 0.6 is 0 Å². The largest absolute Gasteiger partial charge is 0.493 e. The minimum atomic E-state index is -0.464. The smallest absolute Gasteiger partial charge is 0.407 e. The summed E-state index contributed by atoms with van der Waals surface area (Å²) in [6, 6.07) is 9.63. The standard InChI is InChI=1S/C15H23NO3/c1-12(10-16-14(17)19-15(2,3)4)11-18-13-8-6-5-7-9-13/h5-9,12H,10-11H2,1-4H3,(H,16,17)/t12-/m0/s1. The van der Waals surface area contributed by atoms with E-state index in [1.165, 1.54) is 0 Å². The van der Waals surface area contributed by atoms with E-state index in [0.717, 1.165) is 5.75 Å². The number of hydrogen-bond donors (Lipinski definition) is 1. The molecule has 1 aromatic rings. The first kappa shape index (κ1) is 15.3. The lowest BCUT2D eigenvalue weighted by molar-refractivity contribution is 0.0516. The first-order chi connectivity index (χ1) is 8.87. The number of carbonyl (C=O) groups excluding carboxylic acids is 1. The normalized spacial score (nSPS) is 12.6. The highest BCUT2D eigenvalue weighted by atomic mass is 16.6. The minimum Gasteiger partial charge on any atom is -0.493 e. The van der Waals surface area contributed by atoms with Crippen LogP contribution in [0.15, 0.2) is 30.3 Å². The lowest BCUT2D eigenvalue weighted by Gasteiger charge is -2.20. The molecule has 0 fully saturated rings. The molecule has 0 aliphatic rings. The molecule has 4 heteroatoms. The average molecular weight is 265 g/mol. The molecular weight excluding hydrogens is 242 g/mol. The maximum Gasteiger partial charge on any atom is 0.407 e. The Kier molecular flexibility index (Phi) is 5.67. The fourth-order valence-electron chi connectivity index (χ4n) is 1.39. The van der Waals surface area contributed by atoms with Gasteiger partial charge in [-0.15, -0.1) is 0 Å². The maximum absolute atomic E-state index is 11.5. The number of rotatable bonds is 5. The highest BCUT2D eigenvalue weighted by Gasteiger charge is 2.16. The molecular formula is C15H23NO3. The minimum absolute atomic E-state index is 0.215. The summed E-state index contributed by atoms with van der Waals surface area (Å²) < 4.78 is 10.8. The molecule has 0 saturated heterocycles. The van der Waals surface area contributed by atoms with Crippen LogP contribution in [0.4, 0.5) is 4.79 Å². The Morgan fingerprint density at radius 3 is 2.47 bits per heavy atom. The molecule has 106 valence electrons. The lowest BCUT2D eigenvalue weighted by atomic mass is 10.2. The van der Waals surface area contributed by atoms with Gasteiger partial charge in [-0.25, -0.2) is 4.79 Å². The second kappa shape index (κ2) is 7.02. The second-order valence-electron chi connectivity index (χ2n) is 5.61. The summed E-state index contributed by atoms with van der Waals surface area (Å²) in [4.78, 5) is 11.5. The number of benzene rings is 1. The van der Waals surface area contributed by atoms with Gasteiger partial charge in [0, 0.05) is 12.5 Å². The average Bonchev–Trinajstić information content (AvgIpc) is 2.33. The third-order valence-electron chi connectivity index (χ3n) is 2.27. The monoisotopic (exact) mass is 265 g/mol. The number of alkyl carbamates (subject to hydrolysis) is 1. The summed E-state index contributed by atoms with van der Waals surface area (Å²) in [5.41, 5.74) is -0.464. The van der Waals surface area contributed by atoms with Crippen molar-refractivity contribution >= 4 is 6.09 Å². The van der Waals surface area contributed by atoms with E-state index in [1.54, 1.807) is 0 Å². The van der Waals surface area contributed by atoms with Crippen molar-refractivity contribution in [2.45, 2.75) is 33.3 Å². The first-order valence-electron chi connectivity index (χ1n) is 6.51. The Labute approximate surface area is 115 Å². The quantitative estimate of drug-likeness (QED) is 0.889.